The molecule has 20 heavy (non-hydrogen) atoms. The van der Waals surface area contributed by atoms with Crippen LogP contribution in [0, 0.1) is 6.92 Å². The number of aryl methyl sites for hydroxylation is 1. The number of hydrogen-bond donors (Lipinski definition) is 1. The van der Waals surface area contributed by atoms with Gasteiger partial charge in [0.25, 0.3) is 0 Å². The predicted octanol–water partition coefficient (Wildman–Crippen LogP) is 3.37. The van der Waals surface area contributed by atoms with Gasteiger partial charge in [-0.3, -0.25) is 0 Å². The van der Waals surface area contributed by atoms with E-state index in [-0.39, 0.29) is 0 Å². The molecule has 0 bridgehead atoms. The standard InChI is InChI=1S/C13H13N5S2/c1-3-14-12-17-18-13(20-12)19-11-9-6-8(2)4-5-10(9)15-7-16-11/h4-7H,3H2,1-2H3,(H,14,17). The van der Waals surface area contributed by atoms with E-state index in [1.807, 2.05) is 13.0 Å². The molecule has 0 saturated heterocycles. The predicted molar refractivity (Wildman–Crippen MR) is 82.5 cm³/mol. The van der Waals surface area contributed by atoms with Gasteiger partial charge >= 0.3 is 0 Å². The van der Waals surface area contributed by atoms with Crippen molar-refractivity contribution in [1.82, 2.24) is 20.2 Å². The highest BCUT2D eigenvalue weighted by Crippen LogP contribution is 2.34. The van der Waals surface area contributed by atoms with Crippen LogP contribution >= 0.6 is 23.1 Å². The van der Waals surface area contributed by atoms with Crippen LogP contribution in [-0.4, -0.2) is 26.7 Å². The van der Waals surface area contributed by atoms with Crippen molar-refractivity contribution < 1.29 is 0 Å². The summed E-state index contributed by atoms with van der Waals surface area (Å²) >= 11 is 3.06. The minimum atomic E-state index is 0.838. The van der Waals surface area contributed by atoms with Gasteiger partial charge < -0.3 is 5.32 Å². The maximum Gasteiger partial charge on any atom is 0.206 e. The summed E-state index contributed by atoms with van der Waals surface area (Å²) in [5, 5.41) is 14.2. The first-order valence-corrected chi connectivity index (χ1v) is 7.86. The summed E-state index contributed by atoms with van der Waals surface area (Å²) in [4.78, 5) is 8.66. The topological polar surface area (TPSA) is 63.6 Å². The van der Waals surface area contributed by atoms with Gasteiger partial charge in [-0.25, -0.2) is 9.97 Å². The van der Waals surface area contributed by atoms with Gasteiger partial charge in [-0.1, -0.05) is 23.0 Å². The summed E-state index contributed by atoms with van der Waals surface area (Å²) in [7, 11) is 0. The molecule has 102 valence electrons. The number of anilines is 1. The second kappa shape index (κ2) is 5.72. The van der Waals surface area contributed by atoms with Gasteiger partial charge in [-0.2, -0.15) is 0 Å². The van der Waals surface area contributed by atoms with Crippen LogP contribution in [0.3, 0.4) is 0 Å². The summed E-state index contributed by atoms with van der Waals surface area (Å²) in [5.74, 6) is 0. The molecular weight excluding hydrogens is 290 g/mol. The zero-order valence-corrected chi connectivity index (χ0v) is 12.8. The highest BCUT2D eigenvalue weighted by atomic mass is 32.2. The smallest absolute Gasteiger partial charge is 0.206 e. The maximum absolute atomic E-state index is 4.37. The molecule has 3 rings (SSSR count). The molecule has 0 aliphatic carbocycles. The lowest BCUT2D eigenvalue weighted by atomic mass is 10.2. The molecule has 1 aromatic carbocycles. The van der Waals surface area contributed by atoms with Crippen LogP contribution in [0.1, 0.15) is 12.5 Å². The number of benzene rings is 1. The summed E-state index contributed by atoms with van der Waals surface area (Å²) in [6.45, 7) is 4.94. The lowest BCUT2D eigenvalue weighted by molar-refractivity contribution is 0.997. The zero-order chi connectivity index (χ0) is 13.9. The van der Waals surface area contributed by atoms with E-state index in [0.29, 0.717) is 0 Å². The van der Waals surface area contributed by atoms with Gasteiger partial charge in [-0.15, -0.1) is 10.2 Å². The lowest BCUT2D eigenvalue weighted by Gasteiger charge is -2.03. The molecule has 0 fully saturated rings. The molecule has 2 aromatic heterocycles. The van der Waals surface area contributed by atoms with E-state index in [4.69, 9.17) is 0 Å². The first kappa shape index (κ1) is 13.3. The molecule has 2 heterocycles. The lowest BCUT2D eigenvalue weighted by Crippen LogP contribution is -1.94. The number of nitrogens with zero attached hydrogens (tertiary/aromatic N) is 4. The molecule has 0 aliphatic rings. The summed E-state index contributed by atoms with van der Waals surface area (Å²) in [6, 6.07) is 6.17. The number of nitrogens with one attached hydrogen (secondary N) is 1. The molecule has 0 amide bonds. The molecule has 5 nitrogen and oxygen atoms in total. The van der Waals surface area contributed by atoms with E-state index in [0.717, 1.165) is 31.9 Å². The summed E-state index contributed by atoms with van der Waals surface area (Å²) in [6.07, 6.45) is 1.59. The number of hydrogen-bond acceptors (Lipinski definition) is 7. The third kappa shape index (κ3) is 2.73. The maximum atomic E-state index is 4.37. The van der Waals surface area contributed by atoms with E-state index in [1.165, 1.54) is 28.7 Å². The van der Waals surface area contributed by atoms with Crippen LogP contribution in [0.25, 0.3) is 10.9 Å². The Hall–Kier alpha value is -1.73. The van der Waals surface area contributed by atoms with Crippen molar-refractivity contribution >= 4 is 39.1 Å². The summed E-state index contributed by atoms with van der Waals surface area (Å²) < 4.78 is 0.877. The van der Waals surface area contributed by atoms with Gasteiger partial charge in [0.05, 0.1) is 5.52 Å². The summed E-state index contributed by atoms with van der Waals surface area (Å²) in [5.41, 5.74) is 2.14. The minimum absolute atomic E-state index is 0.838. The molecule has 0 unspecified atom stereocenters. The SMILES string of the molecule is CCNc1nnc(Sc2ncnc3ccc(C)cc23)s1. The Kier molecular flexibility index (Phi) is 3.79. The van der Waals surface area contributed by atoms with E-state index < -0.39 is 0 Å². The van der Waals surface area contributed by atoms with Gasteiger partial charge in [0.1, 0.15) is 11.4 Å². The zero-order valence-electron chi connectivity index (χ0n) is 11.1. The van der Waals surface area contributed by atoms with Crippen molar-refractivity contribution in [2.45, 2.75) is 23.2 Å². The van der Waals surface area contributed by atoms with E-state index in [2.05, 4.69) is 44.5 Å². The molecule has 1 N–H and O–H groups in total. The highest BCUT2D eigenvalue weighted by molar-refractivity contribution is 8.01. The largest absolute Gasteiger partial charge is 0.360 e. The fourth-order valence-electron chi connectivity index (χ4n) is 1.78. The third-order valence-electron chi connectivity index (χ3n) is 2.67. The van der Waals surface area contributed by atoms with Crippen LogP contribution in [0.2, 0.25) is 0 Å². The first-order valence-electron chi connectivity index (χ1n) is 6.23. The average Bonchev–Trinajstić information content (AvgIpc) is 2.87. The molecule has 3 aromatic rings. The molecule has 0 radical (unpaired) electrons. The van der Waals surface area contributed by atoms with Crippen molar-refractivity contribution in [2.24, 2.45) is 0 Å². The second-order valence-electron chi connectivity index (χ2n) is 4.20. The molecule has 0 atom stereocenters. The third-order valence-corrected chi connectivity index (χ3v) is 4.62. The molecular formula is C13H13N5S2. The van der Waals surface area contributed by atoms with E-state index >= 15 is 0 Å². The van der Waals surface area contributed by atoms with Crippen LogP contribution < -0.4 is 5.32 Å². The monoisotopic (exact) mass is 303 g/mol. The molecule has 0 saturated carbocycles. The second-order valence-corrected chi connectivity index (χ2v) is 6.42. The van der Waals surface area contributed by atoms with Gasteiger partial charge in [-0.05, 0) is 37.7 Å². The first-order chi connectivity index (χ1) is 9.76. The number of rotatable bonds is 4. The van der Waals surface area contributed by atoms with Crippen LogP contribution in [0.15, 0.2) is 33.9 Å². The van der Waals surface area contributed by atoms with Crippen LogP contribution in [-0.2, 0) is 0 Å². The fourth-order valence-corrected chi connectivity index (χ4v) is 3.59. The van der Waals surface area contributed by atoms with Crippen molar-refractivity contribution in [3.63, 3.8) is 0 Å². The van der Waals surface area contributed by atoms with Crippen LogP contribution in [0.4, 0.5) is 5.13 Å². The van der Waals surface area contributed by atoms with Crippen LogP contribution in [0.5, 0.6) is 0 Å². The molecule has 7 heteroatoms. The minimum Gasteiger partial charge on any atom is -0.360 e. The van der Waals surface area contributed by atoms with Gasteiger partial charge in [0.15, 0.2) is 4.34 Å². The van der Waals surface area contributed by atoms with Crippen molar-refractivity contribution in [3.05, 3.63) is 30.1 Å². The fraction of sp³-hybridized carbons (Fsp3) is 0.231. The van der Waals surface area contributed by atoms with Gasteiger partial charge in [0.2, 0.25) is 5.13 Å². The quantitative estimate of drug-likeness (QED) is 0.746. The van der Waals surface area contributed by atoms with Crippen molar-refractivity contribution in [1.29, 1.82) is 0 Å². The Morgan fingerprint density at radius 3 is 3.00 bits per heavy atom. The normalized spacial score (nSPS) is 10.9. The number of fused-ring (bicyclic) bond motifs is 1. The van der Waals surface area contributed by atoms with Crippen molar-refractivity contribution in [3.8, 4) is 0 Å². The molecule has 0 spiro atoms. The Balaban J connectivity index is 1.95. The highest BCUT2D eigenvalue weighted by Gasteiger charge is 2.10. The Morgan fingerprint density at radius 2 is 2.15 bits per heavy atom. The Labute approximate surface area is 124 Å². The van der Waals surface area contributed by atoms with E-state index in [1.54, 1.807) is 6.33 Å². The number of aromatic nitrogens is 4. The van der Waals surface area contributed by atoms with Crippen molar-refractivity contribution in [2.75, 3.05) is 11.9 Å². The molecule has 0 aliphatic heterocycles. The Bertz CT molecular complexity index is 740. The Morgan fingerprint density at radius 1 is 1.25 bits per heavy atom. The average molecular weight is 303 g/mol. The van der Waals surface area contributed by atoms with E-state index in [9.17, 15) is 0 Å². The van der Waals surface area contributed by atoms with Gasteiger partial charge in [0, 0.05) is 11.9 Å².